The summed E-state index contributed by atoms with van der Waals surface area (Å²) in [4.78, 5) is 28.5. The van der Waals surface area contributed by atoms with Gasteiger partial charge in [-0.3, -0.25) is 13.9 Å². The fourth-order valence-corrected chi connectivity index (χ4v) is 5.64. The highest BCUT2D eigenvalue weighted by atomic mass is 35.5. The van der Waals surface area contributed by atoms with E-state index in [1.54, 1.807) is 25.1 Å². The van der Waals surface area contributed by atoms with Crippen LogP contribution >= 0.6 is 23.2 Å². The molecule has 39 heavy (non-hydrogen) atoms. The monoisotopic (exact) mass is 589 g/mol. The largest absolute Gasteiger partial charge is 0.350 e. The average Bonchev–Trinajstić information content (AvgIpc) is 2.87. The number of carbonyl (C=O) groups excluding carboxylic acids is 2. The van der Waals surface area contributed by atoms with Gasteiger partial charge in [-0.2, -0.15) is 0 Å². The van der Waals surface area contributed by atoms with Crippen molar-refractivity contribution < 1.29 is 18.0 Å². The molecule has 0 radical (unpaired) electrons. The molecule has 3 rings (SSSR count). The normalized spacial score (nSPS) is 12.5. The van der Waals surface area contributed by atoms with Gasteiger partial charge in [0, 0.05) is 12.1 Å². The van der Waals surface area contributed by atoms with Crippen LogP contribution in [0.4, 0.5) is 5.69 Å². The molecule has 2 amide bonds. The number of rotatable bonds is 9. The zero-order valence-electron chi connectivity index (χ0n) is 22.6. The lowest BCUT2D eigenvalue weighted by molar-refractivity contribution is -0.140. The zero-order chi connectivity index (χ0) is 29.0. The van der Waals surface area contributed by atoms with E-state index in [2.05, 4.69) is 5.32 Å². The maximum atomic E-state index is 14.0. The van der Waals surface area contributed by atoms with Crippen LogP contribution in [0.3, 0.4) is 0 Å². The summed E-state index contributed by atoms with van der Waals surface area (Å²) in [5.41, 5.74) is 1.43. The van der Waals surface area contributed by atoms with E-state index in [-0.39, 0.29) is 33.1 Å². The molecule has 10 heteroatoms. The van der Waals surface area contributed by atoms with Crippen molar-refractivity contribution in [2.24, 2.45) is 0 Å². The van der Waals surface area contributed by atoms with Gasteiger partial charge in [0.2, 0.25) is 11.8 Å². The van der Waals surface area contributed by atoms with Crippen molar-refractivity contribution in [1.82, 2.24) is 10.2 Å². The first kappa shape index (κ1) is 30.5. The van der Waals surface area contributed by atoms with Gasteiger partial charge in [0.1, 0.15) is 12.6 Å². The van der Waals surface area contributed by atoms with E-state index < -0.39 is 34.1 Å². The van der Waals surface area contributed by atoms with E-state index in [1.165, 1.54) is 35.2 Å². The van der Waals surface area contributed by atoms with Gasteiger partial charge in [-0.25, -0.2) is 8.42 Å². The minimum atomic E-state index is -4.18. The third kappa shape index (κ3) is 7.75. The number of aryl methyl sites for hydroxylation is 1. The molecule has 0 aliphatic carbocycles. The number of amides is 2. The Balaban J connectivity index is 2.06. The van der Waals surface area contributed by atoms with Crippen LogP contribution in [0.25, 0.3) is 0 Å². The summed E-state index contributed by atoms with van der Waals surface area (Å²) in [5, 5.41) is 3.30. The Morgan fingerprint density at radius 1 is 0.923 bits per heavy atom. The Hall–Kier alpha value is -3.07. The summed E-state index contributed by atoms with van der Waals surface area (Å²) < 4.78 is 28.6. The van der Waals surface area contributed by atoms with Gasteiger partial charge in [-0.1, -0.05) is 65.7 Å². The van der Waals surface area contributed by atoms with Crippen LogP contribution in [0.2, 0.25) is 10.0 Å². The van der Waals surface area contributed by atoms with Gasteiger partial charge in [-0.05, 0) is 76.1 Å². The predicted molar refractivity (Wildman–Crippen MR) is 157 cm³/mol. The second-order valence-electron chi connectivity index (χ2n) is 10.3. The van der Waals surface area contributed by atoms with Crippen LogP contribution < -0.4 is 9.62 Å². The number of anilines is 1. The molecule has 208 valence electrons. The number of sulfonamides is 1. The molecule has 0 saturated carbocycles. The van der Waals surface area contributed by atoms with Gasteiger partial charge in [-0.15, -0.1) is 0 Å². The zero-order valence-corrected chi connectivity index (χ0v) is 24.9. The molecule has 0 saturated heterocycles. The first-order valence-electron chi connectivity index (χ1n) is 12.4. The molecule has 3 aromatic carbocycles. The minimum Gasteiger partial charge on any atom is -0.350 e. The number of halogens is 2. The fourth-order valence-electron chi connectivity index (χ4n) is 3.92. The molecular formula is C29H33Cl2N3O4S. The van der Waals surface area contributed by atoms with Crippen LogP contribution in [-0.2, 0) is 26.2 Å². The SMILES string of the molecule is Cc1ccccc1CN(C(=O)CN(c1ccc(Cl)c(Cl)c1)S(=O)(=O)c1ccccc1)[C@H](C)C(=O)NC(C)(C)C. The number of nitrogens with zero attached hydrogens (tertiary/aromatic N) is 2. The Kier molecular flexibility index (Phi) is 9.69. The van der Waals surface area contributed by atoms with Crippen LogP contribution in [0.1, 0.15) is 38.8 Å². The van der Waals surface area contributed by atoms with E-state index in [0.717, 1.165) is 15.4 Å². The molecule has 7 nitrogen and oxygen atoms in total. The highest BCUT2D eigenvalue weighted by Gasteiger charge is 2.33. The van der Waals surface area contributed by atoms with Crippen LogP contribution in [0, 0.1) is 6.92 Å². The van der Waals surface area contributed by atoms with E-state index >= 15 is 0 Å². The molecular weight excluding hydrogens is 557 g/mol. The second-order valence-corrected chi connectivity index (χ2v) is 13.0. The van der Waals surface area contributed by atoms with E-state index in [9.17, 15) is 18.0 Å². The van der Waals surface area contributed by atoms with Crippen molar-refractivity contribution in [3.05, 3.63) is 94.0 Å². The molecule has 1 N–H and O–H groups in total. The lowest BCUT2D eigenvalue weighted by Gasteiger charge is -2.33. The van der Waals surface area contributed by atoms with E-state index in [0.29, 0.717) is 0 Å². The highest BCUT2D eigenvalue weighted by molar-refractivity contribution is 7.92. The molecule has 3 aromatic rings. The summed E-state index contributed by atoms with van der Waals surface area (Å²) in [6, 6.07) is 18.8. The molecule has 0 aromatic heterocycles. The molecule has 0 bridgehead atoms. The Morgan fingerprint density at radius 3 is 2.13 bits per heavy atom. The minimum absolute atomic E-state index is 0.00727. The molecule has 0 aliphatic heterocycles. The fraction of sp³-hybridized carbons (Fsp3) is 0.310. The summed E-state index contributed by atoms with van der Waals surface area (Å²) in [7, 11) is -4.18. The van der Waals surface area contributed by atoms with Gasteiger partial charge >= 0.3 is 0 Å². The molecule has 0 fully saturated rings. The highest BCUT2D eigenvalue weighted by Crippen LogP contribution is 2.31. The van der Waals surface area contributed by atoms with Crippen LogP contribution in [-0.4, -0.2) is 43.3 Å². The standard InChI is InChI=1S/C29H33Cl2N3O4S/c1-20-11-9-10-12-22(20)18-33(21(2)28(36)32-29(3,4)5)27(35)19-34(23-15-16-25(30)26(31)17-23)39(37,38)24-13-7-6-8-14-24/h6-17,21H,18-19H2,1-5H3,(H,32,36)/t21-/m1/s1. The lowest BCUT2D eigenvalue weighted by atomic mass is 10.1. The third-order valence-corrected chi connectivity index (χ3v) is 8.60. The van der Waals surface area contributed by atoms with Crippen molar-refractivity contribution >= 4 is 50.7 Å². The smallest absolute Gasteiger partial charge is 0.264 e. The maximum Gasteiger partial charge on any atom is 0.264 e. The molecule has 0 aliphatic rings. The molecule has 1 atom stereocenters. The van der Waals surface area contributed by atoms with Crippen molar-refractivity contribution in [2.45, 2.75) is 57.6 Å². The second kappa shape index (κ2) is 12.4. The maximum absolute atomic E-state index is 14.0. The van der Waals surface area contributed by atoms with Gasteiger partial charge < -0.3 is 10.2 Å². The molecule has 0 spiro atoms. The average molecular weight is 591 g/mol. The van der Waals surface area contributed by atoms with Crippen LogP contribution in [0.5, 0.6) is 0 Å². The van der Waals surface area contributed by atoms with Crippen molar-refractivity contribution in [2.75, 3.05) is 10.8 Å². The summed E-state index contributed by atoms with van der Waals surface area (Å²) in [5.74, 6) is -0.906. The Bertz CT molecular complexity index is 1440. The van der Waals surface area contributed by atoms with Gasteiger partial charge in [0.15, 0.2) is 0 Å². The third-order valence-electron chi connectivity index (χ3n) is 6.07. The first-order valence-corrected chi connectivity index (χ1v) is 14.6. The predicted octanol–water partition coefficient (Wildman–Crippen LogP) is 5.83. The van der Waals surface area contributed by atoms with Gasteiger partial charge in [0.25, 0.3) is 10.0 Å². The topological polar surface area (TPSA) is 86.8 Å². The molecule has 0 heterocycles. The number of nitrogens with one attached hydrogen (secondary N) is 1. The Labute approximate surface area is 240 Å². The first-order chi connectivity index (χ1) is 18.2. The Morgan fingerprint density at radius 2 is 1.54 bits per heavy atom. The van der Waals surface area contributed by atoms with E-state index in [1.807, 2.05) is 52.0 Å². The summed E-state index contributed by atoms with van der Waals surface area (Å²) in [6.07, 6.45) is 0. The number of carbonyl (C=O) groups is 2. The number of hydrogen-bond acceptors (Lipinski definition) is 4. The number of benzene rings is 3. The summed E-state index contributed by atoms with van der Waals surface area (Å²) in [6.45, 7) is 8.65. The van der Waals surface area contributed by atoms with Crippen molar-refractivity contribution in [3.63, 3.8) is 0 Å². The van der Waals surface area contributed by atoms with Crippen molar-refractivity contribution in [3.8, 4) is 0 Å². The van der Waals surface area contributed by atoms with E-state index in [4.69, 9.17) is 23.2 Å². The quantitative estimate of drug-likeness (QED) is 0.340. The van der Waals surface area contributed by atoms with Crippen molar-refractivity contribution in [1.29, 1.82) is 0 Å². The lowest BCUT2D eigenvalue weighted by Crippen LogP contribution is -2.54. The number of hydrogen-bond donors (Lipinski definition) is 1. The van der Waals surface area contributed by atoms with Crippen LogP contribution in [0.15, 0.2) is 77.7 Å². The summed E-state index contributed by atoms with van der Waals surface area (Å²) >= 11 is 12.3. The van der Waals surface area contributed by atoms with Gasteiger partial charge in [0.05, 0.1) is 20.6 Å². The molecule has 0 unspecified atom stereocenters.